The maximum Gasteiger partial charge on any atom is 0.238 e. The van der Waals surface area contributed by atoms with Crippen molar-refractivity contribution in [3.05, 3.63) is 74.6 Å². The maximum absolute atomic E-state index is 13.8. The number of carbonyl (C=O) groups excluding carboxylic acids is 2. The molecule has 2 aliphatic carbocycles. The molecule has 2 saturated carbocycles. The maximum atomic E-state index is 13.8. The molecule has 0 spiro atoms. The first-order chi connectivity index (χ1) is 17.2. The predicted octanol–water partition coefficient (Wildman–Crippen LogP) is 6.78. The minimum absolute atomic E-state index is 0.00137. The van der Waals surface area contributed by atoms with Gasteiger partial charge in [0.1, 0.15) is 0 Å². The number of anilines is 1. The Morgan fingerprint density at radius 1 is 0.944 bits per heavy atom. The fraction of sp³-hybridized carbons (Fsp3) is 0.414. The van der Waals surface area contributed by atoms with E-state index in [2.05, 4.69) is 50.0 Å². The molecule has 2 aliphatic heterocycles. The number of amides is 2. The highest BCUT2D eigenvalue weighted by Gasteiger charge is 2.69. The van der Waals surface area contributed by atoms with Gasteiger partial charge in [0.2, 0.25) is 11.8 Å². The quantitative estimate of drug-likeness (QED) is 0.292. The smallest absolute Gasteiger partial charge is 0.238 e. The molecular weight excluding hydrogens is 505 g/mol. The largest absolute Gasteiger partial charge is 0.332 e. The average Bonchev–Trinajstić information content (AvgIpc) is 3.58. The summed E-state index contributed by atoms with van der Waals surface area (Å²) in [6, 6.07) is 18.5. The van der Waals surface area contributed by atoms with Gasteiger partial charge in [-0.15, -0.1) is 23.1 Å². The summed E-state index contributed by atoms with van der Waals surface area (Å²) >= 11 is 9.13. The molecule has 3 heterocycles. The average molecular weight is 533 g/mol. The van der Waals surface area contributed by atoms with Crippen LogP contribution < -0.4 is 4.90 Å². The zero-order chi connectivity index (χ0) is 24.9. The zero-order valence-electron chi connectivity index (χ0n) is 20.4. The van der Waals surface area contributed by atoms with Crippen molar-refractivity contribution in [1.29, 1.82) is 0 Å². The number of aromatic amines is 1. The van der Waals surface area contributed by atoms with Crippen LogP contribution in [0.1, 0.15) is 49.1 Å². The Balaban J connectivity index is 1.31. The molecule has 1 saturated heterocycles. The Hall–Kier alpha value is -2.22. The Kier molecular flexibility index (Phi) is 5.03. The molecule has 7 heteroatoms. The summed E-state index contributed by atoms with van der Waals surface area (Å²) < 4.78 is 0.804. The van der Waals surface area contributed by atoms with E-state index in [9.17, 15) is 9.59 Å². The highest BCUT2D eigenvalue weighted by molar-refractivity contribution is 8.00. The first-order valence-electron chi connectivity index (χ1n) is 12.7. The number of aromatic nitrogens is 1. The van der Waals surface area contributed by atoms with Crippen LogP contribution in [0.3, 0.4) is 0 Å². The van der Waals surface area contributed by atoms with Crippen molar-refractivity contribution >= 4 is 52.8 Å². The number of thiazole rings is 1. The van der Waals surface area contributed by atoms with Crippen LogP contribution in [0.25, 0.3) is 0 Å². The topological polar surface area (TPSA) is 53.2 Å². The van der Waals surface area contributed by atoms with Gasteiger partial charge in [-0.3, -0.25) is 14.5 Å². The Labute approximate surface area is 224 Å². The first kappa shape index (κ1) is 22.9. The van der Waals surface area contributed by atoms with E-state index in [1.54, 1.807) is 11.3 Å². The van der Waals surface area contributed by atoms with Crippen LogP contribution in [0.15, 0.2) is 59.6 Å². The van der Waals surface area contributed by atoms with Gasteiger partial charge in [0.25, 0.3) is 0 Å². The highest BCUT2D eigenvalue weighted by Crippen LogP contribution is 2.69. The molecule has 7 atom stereocenters. The Morgan fingerprint density at radius 3 is 2.28 bits per heavy atom. The second-order valence-corrected chi connectivity index (χ2v) is 14.6. The number of benzene rings is 2. The van der Waals surface area contributed by atoms with Crippen molar-refractivity contribution in [3.8, 4) is 0 Å². The number of thioether (sulfide) groups is 1. The number of hydrogen-bond acceptors (Lipinski definition) is 5. The molecule has 2 bridgehead atoms. The number of nitrogens with one attached hydrogen (secondary N) is 1. The van der Waals surface area contributed by atoms with Gasteiger partial charge in [-0.25, -0.2) is 0 Å². The van der Waals surface area contributed by atoms with Crippen molar-refractivity contribution in [2.45, 2.75) is 48.8 Å². The van der Waals surface area contributed by atoms with Crippen LogP contribution >= 0.6 is 35.3 Å². The lowest BCUT2D eigenvalue weighted by atomic mass is 9.68. The lowest BCUT2D eigenvalue weighted by Gasteiger charge is -2.43. The van der Waals surface area contributed by atoms with Gasteiger partial charge in [0, 0.05) is 16.0 Å². The summed E-state index contributed by atoms with van der Waals surface area (Å²) in [6.07, 6.45) is 0.962. The molecule has 4 aliphatic rings. The van der Waals surface area contributed by atoms with Gasteiger partial charge >= 0.3 is 0 Å². The Morgan fingerprint density at radius 2 is 1.61 bits per heavy atom. The zero-order valence-corrected chi connectivity index (χ0v) is 22.9. The third-order valence-electron chi connectivity index (χ3n) is 8.87. The molecular formula is C29H28N2O2S3. The Bertz CT molecular complexity index is 1440. The third kappa shape index (κ3) is 3.15. The number of rotatable bonds is 2. The molecule has 7 unspecified atom stereocenters. The fourth-order valence-corrected chi connectivity index (χ4v) is 10.7. The molecule has 1 aromatic heterocycles. The monoisotopic (exact) mass is 532 g/mol. The summed E-state index contributed by atoms with van der Waals surface area (Å²) in [5.41, 5.74) is 3.41. The molecule has 4 nitrogen and oxygen atoms in total. The van der Waals surface area contributed by atoms with Crippen molar-refractivity contribution in [1.82, 2.24) is 4.98 Å². The predicted molar refractivity (Wildman–Crippen MR) is 147 cm³/mol. The van der Waals surface area contributed by atoms with E-state index < -0.39 is 0 Å². The minimum Gasteiger partial charge on any atom is -0.332 e. The number of nitrogens with zero attached hydrogens (tertiary/aromatic N) is 1. The SMILES string of the molecule is CC(C)(C)c1ccc(C2c3sc(=S)[nH]c3SC3C4CC(C5C(=O)N(c6ccccc6)C(=O)C45)C23)cc1. The second-order valence-electron chi connectivity index (χ2n) is 11.7. The van der Waals surface area contributed by atoms with Crippen LogP contribution in [0, 0.1) is 33.5 Å². The first-order valence-corrected chi connectivity index (χ1v) is 14.8. The van der Waals surface area contributed by atoms with Crippen molar-refractivity contribution in [2.75, 3.05) is 4.90 Å². The number of carbonyl (C=O) groups is 2. The van der Waals surface area contributed by atoms with Gasteiger partial charge in [0.05, 0.1) is 22.5 Å². The highest BCUT2D eigenvalue weighted by atomic mass is 32.2. The van der Waals surface area contributed by atoms with Crippen LogP contribution in [-0.4, -0.2) is 22.0 Å². The van der Waals surface area contributed by atoms with Gasteiger partial charge in [-0.1, -0.05) is 63.2 Å². The third-order valence-corrected chi connectivity index (χ3v) is 11.8. The van der Waals surface area contributed by atoms with Gasteiger partial charge in [-0.2, -0.15) is 0 Å². The van der Waals surface area contributed by atoms with E-state index in [1.165, 1.54) is 20.9 Å². The lowest BCUT2D eigenvalue weighted by Crippen LogP contribution is -2.42. The van der Waals surface area contributed by atoms with E-state index >= 15 is 0 Å². The van der Waals surface area contributed by atoms with E-state index in [4.69, 9.17) is 12.2 Å². The molecule has 2 amide bonds. The summed E-state index contributed by atoms with van der Waals surface area (Å²) in [5, 5.41) is 1.47. The molecule has 36 heavy (non-hydrogen) atoms. The van der Waals surface area contributed by atoms with Gasteiger partial charge in [0.15, 0.2) is 3.95 Å². The number of fused-ring (bicyclic) bond motifs is 9. The standard InChI is InChI=1S/C29H28N2O2S3/c1-29(2,3)15-11-9-14(10-12-15)19-20-17-13-18(23(20)35-25-24(19)36-28(34)30-25)22-21(17)26(32)31(27(22)33)16-7-5-4-6-8-16/h4-12,17-23H,13H2,1-3H3,(H,30,34). The minimum atomic E-state index is -0.214. The molecule has 1 N–H and O–H groups in total. The fourth-order valence-electron chi connectivity index (χ4n) is 7.41. The summed E-state index contributed by atoms with van der Waals surface area (Å²) in [4.78, 5) is 33.7. The number of imide groups is 1. The van der Waals surface area contributed by atoms with E-state index in [0.717, 1.165) is 15.4 Å². The molecule has 7 rings (SSSR count). The van der Waals surface area contributed by atoms with Crippen LogP contribution in [0.4, 0.5) is 5.69 Å². The van der Waals surface area contributed by atoms with Crippen LogP contribution in [0.2, 0.25) is 0 Å². The molecule has 0 radical (unpaired) electrons. The summed E-state index contributed by atoms with van der Waals surface area (Å²) in [7, 11) is 0. The normalized spacial score (nSPS) is 32.5. The number of H-pyrrole nitrogens is 1. The molecule has 3 fully saturated rings. The van der Waals surface area contributed by atoms with Crippen molar-refractivity contribution in [2.24, 2.45) is 29.6 Å². The lowest BCUT2D eigenvalue weighted by molar-refractivity contribution is -0.123. The van der Waals surface area contributed by atoms with Crippen molar-refractivity contribution < 1.29 is 9.59 Å². The van der Waals surface area contributed by atoms with Crippen LogP contribution in [-0.2, 0) is 15.0 Å². The van der Waals surface area contributed by atoms with Gasteiger partial charge < -0.3 is 4.98 Å². The second kappa shape index (κ2) is 7.89. The van der Waals surface area contributed by atoms with Crippen LogP contribution in [0.5, 0.6) is 0 Å². The van der Waals surface area contributed by atoms with E-state index in [0.29, 0.717) is 16.9 Å². The number of hydrogen-bond donors (Lipinski definition) is 1. The molecule has 184 valence electrons. The number of para-hydroxylation sites is 1. The van der Waals surface area contributed by atoms with Gasteiger partial charge in [-0.05, 0) is 65.1 Å². The van der Waals surface area contributed by atoms with Crippen molar-refractivity contribution in [3.63, 3.8) is 0 Å². The van der Waals surface area contributed by atoms with E-state index in [1.807, 2.05) is 42.1 Å². The molecule has 2 aromatic carbocycles. The van der Waals surface area contributed by atoms with E-state index in [-0.39, 0.29) is 46.8 Å². The summed E-state index contributed by atoms with van der Waals surface area (Å²) in [6.45, 7) is 6.72. The summed E-state index contributed by atoms with van der Waals surface area (Å²) in [5.74, 6) is 0.522. The molecule has 3 aromatic rings.